The summed E-state index contributed by atoms with van der Waals surface area (Å²) in [6.45, 7) is 5.08. The van der Waals surface area contributed by atoms with Crippen LogP contribution in [0.4, 0.5) is 0 Å². The summed E-state index contributed by atoms with van der Waals surface area (Å²) in [6, 6.07) is 6.65. The first-order valence-corrected chi connectivity index (χ1v) is 7.85. The van der Waals surface area contributed by atoms with Crippen molar-refractivity contribution in [3.8, 4) is 0 Å². The van der Waals surface area contributed by atoms with Crippen LogP contribution in [0.1, 0.15) is 19.4 Å². The molecule has 0 aliphatic rings. The molecular formula is C13H19NO3S. The number of benzene rings is 1. The molecule has 0 bridgehead atoms. The topological polar surface area (TPSA) is 54.5 Å². The molecule has 1 aromatic rings. The molecule has 0 saturated carbocycles. The lowest BCUT2D eigenvalue weighted by Crippen LogP contribution is -2.32. The Morgan fingerprint density at radius 2 is 1.72 bits per heavy atom. The molecule has 0 unspecified atom stereocenters. The third kappa shape index (κ3) is 3.57. The number of sulfone groups is 1. The number of carbonyl (C=O) groups excluding carboxylic acids is 1. The molecule has 0 aliphatic heterocycles. The highest BCUT2D eigenvalue weighted by Gasteiger charge is 2.17. The Morgan fingerprint density at radius 1 is 1.17 bits per heavy atom. The van der Waals surface area contributed by atoms with Gasteiger partial charge in [-0.05, 0) is 25.5 Å². The zero-order valence-electron chi connectivity index (χ0n) is 11.0. The number of rotatable bonds is 5. The number of likely N-dealkylation sites (N-methyl/N-ethyl adjacent to an activating group) is 1. The van der Waals surface area contributed by atoms with E-state index in [0.29, 0.717) is 18.7 Å². The van der Waals surface area contributed by atoms with Crippen molar-refractivity contribution in [1.29, 1.82) is 0 Å². The van der Waals surface area contributed by atoms with Crippen LogP contribution in [0.3, 0.4) is 0 Å². The minimum atomic E-state index is -3.29. The van der Waals surface area contributed by atoms with Crippen LogP contribution in [-0.2, 0) is 21.1 Å². The van der Waals surface area contributed by atoms with Gasteiger partial charge in [0, 0.05) is 19.3 Å². The summed E-state index contributed by atoms with van der Waals surface area (Å²) in [6.07, 6.45) is 1.29. The lowest BCUT2D eigenvalue weighted by molar-refractivity contribution is -0.130. The molecule has 18 heavy (non-hydrogen) atoms. The second-order valence-corrected chi connectivity index (χ2v) is 6.11. The summed E-state index contributed by atoms with van der Waals surface area (Å²) in [5.41, 5.74) is 0.567. The molecule has 1 amide bonds. The molecule has 0 fully saturated rings. The Hall–Kier alpha value is -1.36. The van der Waals surface area contributed by atoms with E-state index in [2.05, 4.69) is 0 Å². The van der Waals surface area contributed by atoms with Crippen LogP contribution in [0.25, 0.3) is 0 Å². The van der Waals surface area contributed by atoms with Gasteiger partial charge >= 0.3 is 0 Å². The molecule has 0 aliphatic carbocycles. The van der Waals surface area contributed by atoms with Gasteiger partial charge in [-0.25, -0.2) is 8.42 Å². The van der Waals surface area contributed by atoms with Crippen LogP contribution in [0.5, 0.6) is 0 Å². The summed E-state index contributed by atoms with van der Waals surface area (Å²) in [4.78, 5) is 13.9. The summed E-state index contributed by atoms with van der Waals surface area (Å²) >= 11 is 0. The minimum absolute atomic E-state index is 0.0453. The third-order valence-corrected chi connectivity index (χ3v) is 4.03. The number of carbonyl (C=O) groups is 1. The van der Waals surface area contributed by atoms with E-state index in [4.69, 9.17) is 0 Å². The van der Waals surface area contributed by atoms with E-state index in [9.17, 15) is 13.2 Å². The van der Waals surface area contributed by atoms with E-state index < -0.39 is 9.84 Å². The number of nitrogens with zero attached hydrogens (tertiary/aromatic N) is 1. The van der Waals surface area contributed by atoms with Gasteiger partial charge in [-0.1, -0.05) is 18.2 Å². The van der Waals surface area contributed by atoms with E-state index in [-0.39, 0.29) is 17.2 Å². The molecule has 5 heteroatoms. The van der Waals surface area contributed by atoms with Gasteiger partial charge in [0.15, 0.2) is 9.84 Å². The van der Waals surface area contributed by atoms with Gasteiger partial charge in [0.25, 0.3) is 0 Å². The number of hydrogen-bond donors (Lipinski definition) is 0. The Kier molecular flexibility index (Phi) is 4.90. The highest BCUT2D eigenvalue weighted by molar-refractivity contribution is 7.90. The largest absolute Gasteiger partial charge is 0.343 e. The van der Waals surface area contributed by atoms with E-state index in [1.165, 1.54) is 0 Å². The molecule has 0 radical (unpaired) electrons. The maximum absolute atomic E-state index is 12.0. The van der Waals surface area contributed by atoms with Gasteiger partial charge in [-0.2, -0.15) is 0 Å². The van der Waals surface area contributed by atoms with Gasteiger partial charge in [-0.3, -0.25) is 4.79 Å². The van der Waals surface area contributed by atoms with E-state index in [1.807, 2.05) is 13.8 Å². The highest BCUT2D eigenvalue weighted by atomic mass is 32.2. The first-order valence-electron chi connectivity index (χ1n) is 5.95. The van der Waals surface area contributed by atoms with Crippen molar-refractivity contribution in [2.45, 2.75) is 25.2 Å². The second-order valence-electron chi connectivity index (χ2n) is 4.12. The third-order valence-electron chi connectivity index (χ3n) is 2.83. The first-order chi connectivity index (χ1) is 8.40. The van der Waals surface area contributed by atoms with Crippen LogP contribution < -0.4 is 0 Å². The lowest BCUT2D eigenvalue weighted by atomic mass is 10.1. The molecular weight excluding hydrogens is 250 g/mol. The fraction of sp³-hybridized carbons (Fsp3) is 0.462. The van der Waals surface area contributed by atoms with Gasteiger partial charge in [0.2, 0.25) is 5.91 Å². The Balaban J connectivity index is 3.02. The highest BCUT2D eigenvalue weighted by Crippen LogP contribution is 2.16. The van der Waals surface area contributed by atoms with Crippen molar-refractivity contribution in [1.82, 2.24) is 4.90 Å². The summed E-state index contributed by atoms with van der Waals surface area (Å²) in [5, 5.41) is 0. The Bertz CT molecular complexity index is 519. The predicted octanol–water partition coefficient (Wildman–Crippen LogP) is 1.50. The van der Waals surface area contributed by atoms with Crippen molar-refractivity contribution >= 4 is 15.7 Å². The Labute approximate surface area is 109 Å². The lowest BCUT2D eigenvalue weighted by Gasteiger charge is -2.19. The average molecular weight is 269 g/mol. The molecule has 100 valence electrons. The van der Waals surface area contributed by atoms with Gasteiger partial charge < -0.3 is 4.90 Å². The fourth-order valence-corrected chi connectivity index (χ4v) is 2.80. The van der Waals surface area contributed by atoms with Crippen LogP contribution >= 0.6 is 0 Å². The van der Waals surface area contributed by atoms with Gasteiger partial charge in [-0.15, -0.1) is 0 Å². The van der Waals surface area contributed by atoms with Crippen LogP contribution in [0.15, 0.2) is 29.2 Å². The molecule has 0 heterocycles. The SMILES string of the molecule is CCN(CC)C(=O)Cc1ccccc1S(C)(=O)=O. The molecule has 1 rings (SSSR count). The summed E-state index contributed by atoms with van der Waals surface area (Å²) < 4.78 is 23.2. The molecule has 4 nitrogen and oxygen atoms in total. The average Bonchev–Trinajstić information content (AvgIpc) is 2.30. The molecule has 0 atom stereocenters. The normalized spacial score (nSPS) is 11.3. The van der Waals surface area contributed by atoms with Crippen LogP contribution in [0, 0.1) is 0 Å². The monoisotopic (exact) mass is 269 g/mol. The van der Waals surface area contributed by atoms with E-state index >= 15 is 0 Å². The number of amides is 1. The smallest absolute Gasteiger partial charge is 0.227 e. The van der Waals surface area contributed by atoms with Crippen molar-refractivity contribution in [2.24, 2.45) is 0 Å². The molecule has 0 saturated heterocycles. The molecule has 0 aromatic heterocycles. The zero-order valence-corrected chi connectivity index (χ0v) is 11.8. The van der Waals surface area contributed by atoms with Crippen molar-refractivity contribution in [2.75, 3.05) is 19.3 Å². The molecule has 1 aromatic carbocycles. The van der Waals surface area contributed by atoms with Crippen molar-refractivity contribution < 1.29 is 13.2 Å². The first kappa shape index (κ1) is 14.7. The van der Waals surface area contributed by atoms with Crippen molar-refractivity contribution in [3.05, 3.63) is 29.8 Å². The Morgan fingerprint density at radius 3 is 2.22 bits per heavy atom. The van der Waals surface area contributed by atoms with Crippen LogP contribution in [0.2, 0.25) is 0 Å². The van der Waals surface area contributed by atoms with E-state index in [1.54, 1.807) is 29.2 Å². The van der Waals surface area contributed by atoms with Crippen LogP contribution in [-0.4, -0.2) is 38.6 Å². The van der Waals surface area contributed by atoms with Gasteiger partial charge in [0.1, 0.15) is 0 Å². The molecule has 0 N–H and O–H groups in total. The summed E-state index contributed by atoms with van der Waals surface area (Å²) in [7, 11) is -3.29. The standard InChI is InChI=1S/C13H19NO3S/c1-4-14(5-2)13(15)10-11-8-6-7-9-12(11)18(3,16)17/h6-9H,4-5,10H2,1-3H3. The molecule has 0 spiro atoms. The maximum Gasteiger partial charge on any atom is 0.227 e. The maximum atomic E-state index is 12.0. The zero-order chi connectivity index (χ0) is 13.8. The quantitative estimate of drug-likeness (QED) is 0.814. The fourth-order valence-electron chi connectivity index (χ4n) is 1.86. The second kappa shape index (κ2) is 6.00. The predicted molar refractivity (Wildman–Crippen MR) is 71.2 cm³/mol. The van der Waals surface area contributed by atoms with Crippen molar-refractivity contribution in [3.63, 3.8) is 0 Å². The minimum Gasteiger partial charge on any atom is -0.343 e. The number of hydrogen-bond acceptors (Lipinski definition) is 3. The van der Waals surface area contributed by atoms with E-state index in [0.717, 1.165) is 6.26 Å². The summed E-state index contributed by atoms with van der Waals surface area (Å²) in [5.74, 6) is -0.0453. The van der Waals surface area contributed by atoms with Gasteiger partial charge in [0.05, 0.1) is 11.3 Å².